The van der Waals surface area contributed by atoms with Crippen LogP contribution in [-0.4, -0.2) is 74.9 Å². The maximum absolute atomic E-state index is 12.7. The number of phosphoric acid groups is 1. The average molecular weight is 771 g/mol. The van der Waals surface area contributed by atoms with Gasteiger partial charge >= 0.3 is 19.8 Å². The third-order valence-corrected chi connectivity index (χ3v) is 9.89. The molecule has 0 heterocycles. The first-order valence-corrected chi connectivity index (χ1v) is 22.7. The minimum Gasteiger partial charge on any atom is -0.462 e. The molecule has 0 aliphatic rings. The van der Waals surface area contributed by atoms with Crippen LogP contribution in [0.15, 0.2) is 36.5 Å². The fraction of sp³-hybridized carbons (Fsp3) is 0.814. The summed E-state index contributed by atoms with van der Waals surface area (Å²) in [5, 5.41) is 0. The van der Waals surface area contributed by atoms with Gasteiger partial charge in [-0.15, -0.1) is 0 Å². The smallest absolute Gasteiger partial charge is 0.462 e. The van der Waals surface area contributed by atoms with Crippen LogP contribution in [0.4, 0.5) is 0 Å². The second kappa shape index (κ2) is 35.9. The van der Waals surface area contributed by atoms with Gasteiger partial charge in [0, 0.05) is 12.8 Å². The molecule has 310 valence electrons. The van der Waals surface area contributed by atoms with Crippen LogP contribution >= 0.6 is 7.82 Å². The molecule has 9 nitrogen and oxygen atoms in total. The fourth-order valence-electron chi connectivity index (χ4n) is 5.56. The van der Waals surface area contributed by atoms with E-state index < -0.39 is 26.5 Å². The van der Waals surface area contributed by atoms with Gasteiger partial charge in [0.2, 0.25) is 0 Å². The zero-order valence-electron chi connectivity index (χ0n) is 34.7. The van der Waals surface area contributed by atoms with Crippen molar-refractivity contribution in [1.29, 1.82) is 0 Å². The Hall–Kier alpha value is -1.77. The number of phosphoric ester groups is 1. The summed E-state index contributed by atoms with van der Waals surface area (Å²) in [4.78, 5) is 35.3. The molecule has 0 spiro atoms. The molecule has 2 unspecified atom stereocenters. The lowest BCUT2D eigenvalue weighted by Crippen LogP contribution is -2.37. The summed E-state index contributed by atoms with van der Waals surface area (Å²) in [5.74, 6) is -0.816. The van der Waals surface area contributed by atoms with E-state index in [-0.39, 0.29) is 32.0 Å². The first-order chi connectivity index (χ1) is 25.5. The van der Waals surface area contributed by atoms with Crippen LogP contribution in [0.3, 0.4) is 0 Å². The standard InChI is InChI=1S/C43H80NO8P/c1-6-8-10-12-14-16-18-20-21-22-24-26-28-30-32-34-36-43(46)52-41(40-51-53(47,48)50-38-37-44(3,4)5)39-49-42(45)35-33-31-29-27-25-23-19-17-15-13-11-9-7-2/h10,12,16,18,21-22,41H,6-9,11,13-15,17,19-20,23-40H2,1-5H3/p+1/b12-10-,18-16-,22-21-. The van der Waals surface area contributed by atoms with E-state index in [1.165, 1.54) is 70.6 Å². The SMILES string of the molecule is CCC/C=C\C/C=C\C/C=C\CCCCCCCC(=O)OC(COC(=O)CCCCCCCCCCCCCCC)COP(=O)(O)OCC[N+](C)(C)C. The number of allylic oxidation sites excluding steroid dienone is 6. The Labute approximate surface area is 325 Å². The molecule has 0 aromatic rings. The van der Waals surface area contributed by atoms with Gasteiger partial charge in [-0.1, -0.05) is 153 Å². The molecule has 1 N–H and O–H groups in total. The second-order valence-electron chi connectivity index (χ2n) is 15.4. The normalized spacial score (nSPS) is 14.0. The summed E-state index contributed by atoms with van der Waals surface area (Å²) in [6.45, 7) is 4.33. The largest absolute Gasteiger partial charge is 0.472 e. The van der Waals surface area contributed by atoms with Gasteiger partial charge in [-0.3, -0.25) is 18.6 Å². The Morgan fingerprint density at radius 3 is 1.58 bits per heavy atom. The molecule has 0 amide bonds. The number of unbranched alkanes of at least 4 members (excludes halogenated alkanes) is 18. The van der Waals surface area contributed by atoms with E-state index in [1.807, 2.05) is 21.1 Å². The van der Waals surface area contributed by atoms with Crippen molar-refractivity contribution >= 4 is 19.8 Å². The molecule has 0 saturated carbocycles. The number of hydrogen-bond donors (Lipinski definition) is 1. The number of ether oxygens (including phenoxy) is 2. The number of carbonyl (C=O) groups is 2. The van der Waals surface area contributed by atoms with Crippen LogP contribution in [0, 0.1) is 0 Å². The molecule has 53 heavy (non-hydrogen) atoms. The lowest BCUT2D eigenvalue weighted by molar-refractivity contribution is -0.870. The van der Waals surface area contributed by atoms with E-state index in [0.717, 1.165) is 70.6 Å². The molecule has 0 fully saturated rings. The molecule has 0 aromatic heterocycles. The number of hydrogen-bond acceptors (Lipinski definition) is 7. The van der Waals surface area contributed by atoms with Gasteiger partial charge in [0.15, 0.2) is 6.10 Å². The third-order valence-electron chi connectivity index (χ3n) is 8.90. The van der Waals surface area contributed by atoms with Crippen LogP contribution in [0.25, 0.3) is 0 Å². The highest BCUT2D eigenvalue weighted by Gasteiger charge is 2.27. The maximum Gasteiger partial charge on any atom is 0.472 e. The highest BCUT2D eigenvalue weighted by Crippen LogP contribution is 2.43. The van der Waals surface area contributed by atoms with E-state index in [4.69, 9.17) is 18.5 Å². The maximum atomic E-state index is 12.7. The monoisotopic (exact) mass is 771 g/mol. The topological polar surface area (TPSA) is 108 Å². The first-order valence-electron chi connectivity index (χ1n) is 21.2. The molecular weight excluding hydrogens is 689 g/mol. The van der Waals surface area contributed by atoms with Crippen LogP contribution in [0.5, 0.6) is 0 Å². The van der Waals surface area contributed by atoms with Crippen molar-refractivity contribution in [2.75, 3.05) is 47.5 Å². The predicted molar refractivity (Wildman–Crippen MR) is 220 cm³/mol. The molecule has 0 rings (SSSR count). The van der Waals surface area contributed by atoms with E-state index in [0.29, 0.717) is 17.4 Å². The van der Waals surface area contributed by atoms with Crippen molar-refractivity contribution in [3.8, 4) is 0 Å². The summed E-state index contributed by atoms with van der Waals surface area (Å²) >= 11 is 0. The van der Waals surface area contributed by atoms with Gasteiger partial charge in [0.05, 0.1) is 27.7 Å². The number of carbonyl (C=O) groups excluding carboxylic acids is 2. The minimum absolute atomic E-state index is 0.0285. The Balaban J connectivity index is 4.41. The van der Waals surface area contributed by atoms with E-state index in [1.54, 1.807) is 0 Å². The predicted octanol–water partition coefficient (Wildman–Crippen LogP) is 11.7. The van der Waals surface area contributed by atoms with Crippen molar-refractivity contribution in [2.24, 2.45) is 0 Å². The number of esters is 2. The van der Waals surface area contributed by atoms with Crippen molar-refractivity contribution in [1.82, 2.24) is 0 Å². The quantitative estimate of drug-likeness (QED) is 0.0217. The summed E-state index contributed by atoms with van der Waals surface area (Å²) in [6.07, 6.45) is 39.0. The van der Waals surface area contributed by atoms with E-state index >= 15 is 0 Å². The molecule has 10 heteroatoms. The Morgan fingerprint density at radius 2 is 1.06 bits per heavy atom. The van der Waals surface area contributed by atoms with Crippen molar-refractivity contribution < 1.29 is 42.1 Å². The van der Waals surface area contributed by atoms with Gasteiger partial charge in [0.25, 0.3) is 0 Å². The lowest BCUT2D eigenvalue weighted by atomic mass is 10.0. The number of likely N-dealkylation sites (N-methyl/N-ethyl adjacent to an activating group) is 1. The lowest BCUT2D eigenvalue weighted by Gasteiger charge is -2.24. The van der Waals surface area contributed by atoms with Gasteiger partial charge in [-0.25, -0.2) is 4.57 Å². The Kier molecular flexibility index (Phi) is 34.7. The number of rotatable bonds is 38. The molecule has 0 bridgehead atoms. The van der Waals surface area contributed by atoms with Gasteiger partial charge in [0.1, 0.15) is 19.8 Å². The highest BCUT2D eigenvalue weighted by molar-refractivity contribution is 7.47. The van der Waals surface area contributed by atoms with E-state index in [2.05, 4.69) is 50.3 Å². The Morgan fingerprint density at radius 1 is 0.585 bits per heavy atom. The molecule has 2 atom stereocenters. The fourth-order valence-corrected chi connectivity index (χ4v) is 6.30. The highest BCUT2D eigenvalue weighted by atomic mass is 31.2. The van der Waals surface area contributed by atoms with Crippen molar-refractivity contribution in [3.63, 3.8) is 0 Å². The van der Waals surface area contributed by atoms with Crippen LogP contribution in [0.1, 0.15) is 174 Å². The molecule has 0 aliphatic carbocycles. The first kappa shape index (κ1) is 51.2. The molecular formula is C43H81NO8P+. The zero-order chi connectivity index (χ0) is 39.3. The number of nitrogens with zero attached hydrogens (tertiary/aromatic N) is 1. The van der Waals surface area contributed by atoms with Crippen LogP contribution < -0.4 is 0 Å². The summed E-state index contributed by atoms with van der Waals surface area (Å²) in [6, 6.07) is 0. The molecule has 0 aliphatic heterocycles. The zero-order valence-corrected chi connectivity index (χ0v) is 35.6. The summed E-state index contributed by atoms with van der Waals surface area (Å²) < 4.78 is 34.2. The van der Waals surface area contributed by atoms with Crippen molar-refractivity contribution in [2.45, 2.75) is 180 Å². The van der Waals surface area contributed by atoms with Crippen molar-refractivity contribution in [3.05, 3.63) is 36.5 Å². The molecule has 0 saturated heterocycles. The number of quaternary nitrogens is 1. The average Bonchev–Trinajstić information content (AvgIpc) is 3.10. The van der Waals surface area contributed by atoms with Crippen LogP contribution in [-0.2, 0) is 32.7 Å². The molecule has 0 radical (unpaired) electrons. The van der Waals surface area contributed by atoms with Crippen LogP contribution in [0.2, 0.25) is 0 Å². The van der Waals surface area contributed by atoms with Gasteiger partial charge in [-0.2, -0.15) is 0 Å². The van der Waals surface area contributed by atoms with Gasteiger partial charge < -0.3 is 18.9 Å². The Bertz CT molecular complexity index is 1010. The van der Waals surface area contributed by atoms with E-state index in [9.17, 15) is 19.0 Å². The minimum atomic E-state index is -4.37. The summed E-state index contributed by atoms with van der Waals surface area (Å²) in [7, 11) is 1.46. The second-order valence-corrected chi connectivity index (χ2v) is 16.8. The summed E-state index contributed by atoms with van der Waals surface area (Å²) in [5.41, 5.74) is 0. The van der Waals surface area contributed by atoms with Gasteiger partial charge in [-0.05, 0) is 44.9 Å². The third kappa shape index (κ3) is 39.7. The molecule has 0 aromatic carbocycles.